The van der Waals surface area contributed by atoms with Gasteiger partial charge in [-0.2, -0.15) is 5.26 Å². The highest BCUT2D eigenvalue weighted by atomic mass is 15.1. The number of nitrogens with one attached hydrogen (secondary N) is 1. The molecule has 0 amide bonds. The van der Waals surface area contributed by atoms with E-state index in [4.69, 9.17) is 5.73 Å². The van der Waals surface area contributed by atoms with Crippen LogP contribution in [-0.4, -0.2) is 24.5 Å². The second kappa shape index (κ2) is 8.48. The number of rotatable bonds is 6. The van der Waals surface area contributed by atoms with Crippen LogP contribution in [0.5, 0.6) is 0 Å². The summed E-state index contributed by atoms with van der Waals surface area (Å²) in [6.45, 7) is 15.7. The largest absolute Gasteiger partial charge is 0.402 e. The zero-order valence-electron chi connectivity index (χ0n) is 19.4. The molecule has 1 fully saturated rings. The lowest BCUT2D eigenvalue weighted by molar-refractivity contribution is 0.179. The fourth-order valence-electron chi connectivity index (χ4n) is 5.07. The van der Waals surface area contributed by atoms with Crippen LogP contribution < -0.4 is 11.1 Å². The van der Waals surface area contributed by atoms with Crippen LogP contribution in [-0.2, 0) is 17.3 Å². The van der Waals surface area contributed by atoms with Crippen molar-refractivity contribution in [2.24, 2.45) is 5.73 Å². The number of likely N-dealkylation sites (tertiary alicyclic amines) is 1. The number of nitriles is 1. The van der Waals surface area contributed by atoms with E-state index < -0.39 is 0 Å². The lowest BCUT2D eigenvalue weighted by Crippen LogP contribution is -2.43. The fourth-order valence-corrected chi connectivity index (χ4v) is 5.07. The number of fused-ring (bicyclic) bond motifs is 2. The molecule has 2 heterocycles. The van der Waals surface area contributed by atoms with Gasteiger partial charge in [-0.15, -0.1) is 0 Å². The van der Waals surface area contributed by atoms with Crippen LogP contribution in [0, 0.1) is 11.3 Å². The number of nitrogens with two attached hydrogens (primary N) is 1. The zero-order chi connectivity index (χ0) is 22.9. The average molecular weight is 427 g/mol. The van der Waals surface area contributed by atoms with E-state index in [2.05, 4.69) is 73.6 Å². The van der Waals surface area contributed by atoms with Gasteiger partial charge in [0.05, 0.1) is 11.6 Å². The maximum Gasteiger partial charge on any atom is 0.0991 e. The molecular formula is C28H34N4. The number of allylic oxidation sites excluding steroid dienone is 2. The molecule has 0 aromatic heterocycles. The molecule has 0 unspecified atom stereocenters. The van der Waals surface area contributed by atoms with Crippen molar-refractivity contribution < 1.29 is 0 Å². The molecule has 0 radical (unpaired) electrons. The third-order valence-electron chi connectivity index (χ3n) is 7.66. The molecule has 2 aliphatic heterocycles. The highest BCUT2D eigenvalue weighted by Gasteiger charge is 2.44. The van der Waals surface area contributed by atoms with Crippen molar-refractivity contribution in [2.75, 3.05) is 25.0 Å². The van der Waals surface area contributed by atoms with Gasteiger partial charge in [-0.3, -0.25) is 0 Å². The minimum Gasteiger partial charge on any atom is -0.402 e. The molecule has 3 N–H and O–H groups in total. The van der Waals surface area contributed by atoms with Gasteiger partial charge in [0.2, 0.25) is 0 Å². The molecule has 1 saturated heterocycles. The SMILES string of the molecule is C=C(N)C(C)(C)c1ccc(CCCN2CCC3(CC2)C(=C)Nc2ccc(C#N)cc23)cc1. The molecule has 0 saturated carbocycles. The van der Waals surface area contributed by atoms with Crippen molar-refractivity contribution in [3.8, 4) is 6.07 Å². The first-order chi connectivity index (χ1) is 15.3. The van der Waals surface area contributed by atoms with Gasteiger partial charge in [0.1, 0.15) is 0 Å². The predicted octanol–water partition coefficient (Wildman–Crippen LogP) is 5.21. The lowest BCUT2D eigenvalue weighted by Gasteiger charge is -2.40. The standard InChI is InChI=1S/C28H34N4/c1-20(30)27(3,4)24-10-7-22(8-11-24)6-5-15-32-16-13-28(14-17-32)21(2)31-26-12-9-23(19-29)18-25(26)28/h7-12,18,31H,1-2,5-6,13-17,30H2,3-4H3. The molecule has 4 nitrogen and oxygen atoms in total. The lowest BCUT2D eigenvalue weighted by atomic mass is 9.72. The van der Waals surface area contributed by atoms with Crippen molar-refractivity contribution in [1.29, 1.82) is 5.26 Å². The number of benzene rings is 2. The highest BCUT2D eigenvalue weighted by Crippen LogP contribution is 2.49. The molecule has 166 valence electrons. The molecule has 0 bridgehead atoms. The Morgan fingerprint density at radius 2 is 1.88 bits per heavy atom. The third kappa shape index (κ3) is 3.94. The maximum atomic E-state index is 9.32. The van der Waals surface area contributed by atoms with Gasteiger partial charge in [-0.05, 0) is 80.2 Å². The van der Waals surface area contributed by atoms with Gasteiger partial charge < -0.3 is 16.0 Å². The number of anilines is 1. The Hall–Kier alpha value is -3.03. The summed E-state index contributed by atoms with van der Waals surface area (Å²) >= 11 is 0. The van der Waals surface area contributed by atoms with E-state index in [1.807, 2.05) is 12.1 Å². The Morgan fingerprint density at radius 3 is 2.50 bits per heavy atom. The van der Waals surface area contributed by atoms with E-state index in [-0.39, 0.29) is 10.8 Å². The quantitative estimate of drug-likeness (QED) is 0.665. The summed E-state index contributed by atoms with van der Waals surface area (Å²) in [7, 11) is 0. The molecule has 0 atom stereocenters. The van der Waals surface area contributed by atoms with E-state index in [0.29, 0.717) is 5.70 Å². The van der Waals surface area contributed by atoms with Crippen molar-refractivity contribution in [1.82, 2.24) is 4.90 Å². The van der Waals surface area contributed by atoms with E-state index in [1.165, 1.54) is 16.7 Å². The van der Waals surface area contributed by atoms with E-state index in [0.717, 1.165) is 62.3 Å². The summed E-state index contributed by atoms with van der Waals surface area (Å²) in [4.78, 5) is 2.57. The van der Waals surface area contributed by atoms with Crippen LogP contribution in [0.3, 0.4) is 0 Å². The molecule has 2 aliphatic rings. The second-order valence-electron chi connectivity index (χ2n) is 9.85. The summed E-state index contributed by atoms with van der Waals surface area (Å²) in [5, 5.41) is 12.8. The third-order valence-corrected chi connectivity index (χ3v) is 7.66. The van der Waals surface area contributed by atoms with Crippen LogP contribution in [0.4, 0.5) is 5.69 Å². The smallest absolute Gasteiger partial charge is 0.0991 e. The van der Waals surface area contributed by atoms with Gasteiger partial charge in [0, 0.05) is 27.9 Å². The molecule has 0 aliphatic carbocycles. The van der Waals surface area contributed by atoms with E-state index >= 15 is 0 Å². The van der Waals surface area contributed by atoms with Gasteiger partial charge >= 0.3 is 0 Å². The molecule has 32 heavy (non-hydrogen) atoms. The Kier molecular flexibility index (Phi) is 5.88. The number of aryl methyl sites for hydroxylation is 1. The molecule has 2 aromatic rings. The summed E-state index contributed by atoms with van der Waals surface area (Å²) in [6.07, 6.45) is 4.32. The Morgan fingerprint density at radius 1 is 1.19 bits per heavy atom. The zero-order valence-corrected chi connectivity index (χ0v) is 19.4. The molecule has 2 aromatic carbocycles. The number of hydrogen-bond acceptors (Lipinski definition) is 4. The van der Waals surface area contributed by atoms with Crippen molar-refractivity contribution in [3.05, 3.63) is 89.3 Å². The summed E-state index contributed by atoms with van der Waals surface area (Å²) in [5.74, 6) is 0. The predicted molar refractivity (Wildman–Crippen MR) is 132 cm³/mol. The van der Waals surface area contributed by atoms with Crippen molar-refractivity contribution in [2.45, 2.75) is 50.4 Å². The first-order valence-corrected chi connectivity index (χ1v) is 11.5. The van der Waals surface area contributed by atoms with Gasteiger partial charge in [-0.25, -0.2) is 0 Å². The molecule has 4 heteroatoms. The van der Waals surface area contributed by atoms with Crippen LogP contribution >= 0.6 is 0 Å². The first-order valence-electron chi connectivity index (χ1n) is 11.5. The Labute approximate surface area is 192 Å². The van der Waals surface area contributed by atoms with Crippen molar-refractivity contribution in [3.63, 3.8) is 0 Å². The van der Waals surface area contributed by atoms with Crippen LogP contribution in [0.15, 0.2) is 67.0 Å². The number of hydrogen-bond donors (Lipinski definition) is 2. The summed E-state index contributed by atoms with van der Waals surface area (Å²) in [6, 6.07) is 17.1. The van der Waals surface area contributed by atoms with Gasteiger partial charge in [0.15, 0.2) is 0 Å². The van der Waals surface area contributed by atoms with Crippen LogP contribution in [0.2, 0.25) is 0 Å². The normalized spacial score (nSPS) is 17.6. The summed E-state index contributed by atoms with van der Waals surface area (Å²) < 4.78 is 0. The Balaban J connectivity index is 1.32. The second-order valence-corrected chi connectivity index (χ2v) is 9.85. The number of piperidine rings is 1. The molecule has 1 spiro atoms. The minimum atomic E-state index is -0.200. The van der Waals surface area contributed by atoms with Gasteiger partial charge in [-0.1, -0.05) is 51.3 Å². The minimum absolute atomic E-state index is 0.0334. The molecular weight excluding hydrogens is 392 g/mol. The monoisotopic (exact) mass is 426 g/mol. The van der Waals surface area contributed by atoms with E-state index in [9.17, 15) is 5.26 Å². The Bertz CT molecular complexity index is 1060. The molecule has 4 rings (SSSR count). The highest BCUT2D eigenvalue weighted by molar-refractivity contribution is 5.69. The first kappa shape index (κ1) is 22.2. The van der Waals surface area contributed by atoms with Gasteiger partial charge in [0.25, 0.3) is 0 Å². The van der Waals surface area contributed by atoms with E-state index in [1.54, 1.807) is 0 Å². The average Bonchev–Trinajstić information content (AvgIpc) is 3.05. The summed E-state index contributed by atoms with van der Waals surface area (Å²) in [5.41, 5.74) is 13.2. The maximum absolute atomic E-state index is 9.32. The topological polar surface area (TPSA) is 65.1 Å². The van der Waals surface area contributed by atoms with Crippen LogP contribution in [0.25, 0.3) is 0 Å². The number of nitrogens with zero attached hydrogens (tertiary/aromatic N) is 2. The van der Waals surface area contributed by atoms with Crippen LogP contribution in [0.1, 0.15) is 55.4 Å². The fraction of sp³-hybridized carbons (Fsp3) is 0.393. The van der Waals surface area contributed by atoms with Crippen molar-refractivity contribution >= 4 is 5.69 Å².